The molecule has 0 spiro atoms. The third kappa shape index (κ3) is 2.30. The maximum Gasteiger partial charge on any atom is 0.416 e. The third-order valence-electron chi connectivity index (χ3n) is 2.57. The molecule has 1 aromatic heterocycles. The Morgan fingerprint density at radius 1 is 1.17 bits per heavy atom. The number of furan rings is 1. The second-order valence-corrected chi connectivity index (χ2v) is 3.85. The van der Waals surface area contributed by atoms with Gasteiger partial charge in [0, 0.05) is 5.56 Å². The van der Waals surface area contributed by atoms with E-state index < -0.39 is 11.7 Å². The van der Waals surface area contributed by atoms with Crippen LogP contribution in [0.5, 0.6) is 0 Å². The van der Waals surface area contributed by atoms with Gasteiger partial charge in [-0.15, -0.1) is 0 Å². The summed E-state index contributed by atoms with van der Waals surface area (Å²) in [4.78, 5) is 10.5. The number of benzene rings is 1. The molecule has 0 radical (unpaired) electrons. The highest BCUT2D eigenvalue weighted by molar-refractivity contribution is 5.73. The smallest absolute Gasteiger partial charge is 0.416 e. The predicted octanol–water partition coefficient (Wildman–Crippen LogP) is 4.09. The van der Waals surface area contributed by atoms with Crippen molar-refractivity contribution in [1.82, 2.24) is 0 Å². The minimum Gasteiger partial charge on any atom is -0.453 e. The number of carbonyl (C=O) groups is 1. The van der Waals surface area contributed by atoms with Gasteiger partial charge in [-0.1, -0.05) is 12.1 Å². The average Bonchev–Trinajstić information content (AvgIpc) is 2.76. The molecule has 0 fully saturated rings. The van der Waals surface area contributed by atoms with Crippen molar-refractivity contribution in [2.24, 2.45) is 0 Å². The SMILES string of the molecule is Cc1ccc(-c2ccc(C=O)o2)cc1C(F)(F)F. The quantitative estimate of drug-likeness (QED) is 0.755. The lowest BCUT2D eigenvalue weighted by Gasteiger charge is -2.11. The number of halogens is 3. The summed E-state index contributed by atoms with van der Waals surface area (Å²) < 4.78 is 43.3. The van der Waals surface area contributed by atoms with Gasteiger partial charge in [-0.3, -0.25) is 4.79 Å². The largest absolute Gasteiger partial charge is 0.453 e. The molecule has 0 amide bonds. The van der Waals surface area contributed by atoms with Crippen LogP contribution in [0.4, 0.5) is 13.2 Å². The van der Waals surface area contributed by atoms with Gasteiger partial charge in [-0.25, -0.2) is 0 Å². The van der Waals surface area contributed by atoms with Crippen molar-refractivity contribution in [2.45, 2.75) is 13.1 Å². The van der Waals surface area contributed by atoms with Crippen LogP contribution in [-0.2, 0) is 6.18 Å². The first-order valence-electron chi connectivity index (χ1n) is 5.15. The van der Waals surface area contributed by atoms with Crippen molar-refractivity contribution in [2.75, 3.05) is 0 Å². The Labute approximate surface area is 101 Å². The van der Waals surface area contributed by atoms with Crippen LogP contribution in [0.25, 0.3) is 11.3 Å². The van der Waals surface area contributed by atoms with Crippen molar-refractivity contribution in [3.8, 4) is 11.3 Å². The van der Waals surface area contributed by atoms with E-state index >= 15 is 0 Å². The van der Waals surface area contributed by atoms with E-state index in [1.807, 2.05) is 0 Å². The predicted molar refractivity (Wildman–Crippen MR) is 59.3 cm³/mol. The number of aryl methyl sites for hydroxylation is 1. The molecule has 0 saturated carbocycles. The van der Waals surface area contributed by atoms with Crippen molar-refractivity contribution in [3.63, 3.8) is 0 Å². The van der Waals surface area contributed by atoms with Crippen molar-refractivity contribution in [3.05, 3.63) is 47.2 Å². The Kier molecular flexibility index (Phi) is 2.98. The summed E-state index contributed by atoms with van der Waals surface area (Å²) in [5, 5.41) is 0. The molecule has 94 valence electrons. The average molecular weight is 254 g/mol. The Balaban J connectivity index is 2.50. The van der Waals surface area contributed by atoms with Crippen LogP contribution in [-0.4, -0.2) is 6.29 Å². The van der Waals surface area contributed by atoms with E-state index in [-0.39, 0.29) is 17.1 Å². The van der Waals surface area contributed by atoms with E-state index in [2.05, 4.69) is 0 Å². The van der Waals surface area contributed by atoms with Gasteiger partial charge in [0.2, 0.25) is 0 Å². The van der Waals surface area contributed by atoms with E-state index in [0.717, 1.165) is 6.07 Å². The summed E-state index contributed by atoms with van der Waals surface area (Å²) >= 11 is 0. The lowest BCUT2D eigenvalue weighted by atomic mass is 10.0. The van der Waals surface area contributed by atoms with Gasteiger partial charge in [0.1, 0.15) is 5.76 Å². The highest BCUT2D eigenvalue weighted by Gasteiger charge is 2.32. The number of hydrogen-bond acceptors (Lipinski definition) is 2. The highest BCUT2D eigenvalue weighted by atomic mass is 19.4. The molecule has 1 heterocycles. The van der Waals surface area contributed by atoms with E-state index in [1.54, 1.807) is 0 Å². The first-order chi connectivity index (χ1) is 8.41. The zero-order valence-corrected chi connectivity index (χ0v) is 9.41. The van der Waals surface area contributed by atoms with Crippen LogP contribution >= 0.6 is 0 Å². The molecule has 0 atom stereocenters. The van der Waals surface area contributed by atoms with Crippen molar-refractivity contribution in [1.29, 1.82) is 0 Å². The van der Waals surface area contributed by atoms with E-state index in [1.165, 1.54) is 31.2 Å². The molecule has 18 heavy (non-hydrogen) atoms. The van der Waals surface area contributed by atoms with Gasteiger partial charge in [-0.2, -0.15) is 13.2 Å². The molecule has 0 bridgehead atoms. The molecule has 0 N–H and O–H groups in total. The molecule has 0 saturated heterocycles. The number of hydrogen-bond donors (Lipinski definition) is 0. The Morgan fingerprint density at radius 2 is 1.89 bits per heavy atom. The maximum absolute atomic E-state index is 12.7. The molecule has 0 aliphatic heterocycles. The van der Waals surface area contributed by atoms with Gasteiger partial charge in [0.25, 0.3) is 0 Å². The fourth-order valence-electron chi connectivity index (χ4n) is 1.65. The van der Waals surface area contributed by atoms with Crippen LogP contribution in [0.1, 0.15) is 21.7 Å². The number of alkyl halides is 3. The van der Waals surface area contributed by atoms with Crippen LogP contribution in [0.15, 0.2) is 34.7 Å². The lowest BCUT2D eigenvalue weighted by molar-refractivity contribution is -0.138. The highest BCUT2D eigenvalue weighted by Crippen LogP contribution is 2.34. The number of carbonyl (C=O) groups excluding carboxylic acids is 1. The molecular formula is C13H9F3O2. The molecule has 1 aromatic carbocycles. The molecule has 2 rings (SSSR count). The van der Waals surface area contributed by atoms with Crippen LogP contribution in [0.2, 0.25) is 0 Å². The second-order valence-electron chi connectivity index (χ2n) is 3.85. The third-order valence-corrected chi connectivity index (χ3v) is 2.57. The van der Waals surface area contributed by atoms with Gasteiger partial charge in [0.05, 0.1) is 5.56 Å². The molecule has 2 aromatic rings. The molecule has 0 aliphatic rings. The van der Waals surface area contributed by atoms with Gasteiger partial charge in [0.15, 0.2) is 12.0 Å². The van der Waals surface area contributed by atoms with Crippen molar-refractivity contribution < 1.29 is 22.4 Å². The molecule has 2 nitrogen and oxygen atoms in total. The standard InChI is InChI=1S/C13H9F3O2/c1-8-2-3-9(6-11(8)13(14,15)16)12-5-4-10(7-17)18-12/h2-7H,1H3. The summed E-state index contributed by atoms with van der Waals surface area (Å²) in [5.41, 5.74) is -0.265. The van der Waals surface area contributed by atoms with E-state index in [9.17, 15) is 18.0 Å². The topological polar surface area (TPSA) is 30.2 Å². The fraction of sp³-hybridized carbons (Fsp3) is 0.154. The van der Waals surface area contributed by atoms with Crippen molar-refractivity contribution >= 4 is 6.29 Å². The lowest BCUT2D eigenvalue weighted by Crippen LogP contribution is -2.07. The van der Waals surface area contributed by atoms with Gasteiger partial charge < -0.3 is 4.42 Å². The summed E-state index contributed by atoms with van der Waals surface area (Å²) in [6.45, 7) is 1.39. The minimum atomic E-state index is -4.40. The summed E-state index contributed by atoms with van der Waals surface area (Å²) in [5.74, 6) is 0.321. The second kappa shape index (κ2) is 4.33. The fourth-order valence-corrected chi connectivity index (χ4v) is 1.65. The Hall–Kier alpha value is -2.04. The Morgan fingerprint density at radius 3 is 2.44 bits per heavy atom. The van der Waals surface area contributed by atoms with Crippen LogP contribution < -0.4 is 0 Å². The normalized spacial score (nSPS) is 11.6. The zero-order chi connectivity index (χ0) is 13.3. The van der Waals surface area contributed by atoms with Crippen LogP contribution in [0, 0.1) is 6.92 Å². The minimum absolute atomic E-state index is 0.0825. The Bertz CT molecular complexity index is 582. The molecule has 0 unspecified atom stereocenters. The molecular weight excluding hydrogens is 245 g/mol. The zero-order valence-electron chi connectivity index (χ0n) is 9.41. The van der Waals surface area contributed by atoms with E-state index in [4.69, 9.17) is 4.42 Å². The van der Waals surface area contributed by atoms with Crippen LogP contribution in [0.3, 0.4) is 0 Å². The number of rotatable bonds is 2. The molecule has 5 heteroatoms. The molecule has 0 aliphatic carbocycles. The summed E-state index contributed by atoms with van der Waals surface area (Å²) in [6.07, 6.45) is -3.90. The van der Waals surface area contributed by atoms with Gasteiger partial charge in [-0.05, 0) is 30.7 Å². The first-order valence-corrected chi connectivity index (χ1v) is 5.15. The summed E-state index contributed by atoms with van der Waals surface area (Å²) in [6, 6.07) is 6.80. The monoisotopic (exact) mass is 254 g/mol. The maximum atomic E-state index is 12.7. The number of aldehydes is 1. The van der Waals surface area contributed by atoms with E-state index in [0.29, 0.717) is 11.8 Å². The summed E-state index contributed by atoms with van der Waals surface area (Å²) in [7, 11) is 0. The van der Waals surface area contributed by atoms with Gasteiger partial charge >= 0.3 is 6.18 Å². The first kappa shape index (κ1) is 12.4.